The van der Waals surface area contributed by atoms with E-state index in [1.54, 1.807) is 24.4 Å². The minimum atomic E-state index is -4.56. The Morgan fingerprint density at radius 3 is 2.35 bits per heavy atom. The number of halogens is 4. The number of aromatic nitrogens is 2. The molecular weight excluding hydrogens is 494 g/mol. The van der Waals surface area contributed by atoms with Gasteiger partial charge in [-0.25, -0.2) is 4.39 Å². The normalized spacial score (nSPS) is 12.0. The van der Waals surface area contributed by atoms with Crippen LogP contribution in [0.2, 0.25) is 0 Å². The molecule has 0 atom stereocenters. The number of carbonyl (C=O) groups is 1. The first-order valence-electron chi connectivity index (χ1n) is 11.1. The average Bonchev–Trinajstić information content (AvgIpc) is 3.32. The first-order valence-corrected chi connectivity index (χ1v) is 11.1. The molecule has 1 amide bonds. The van der Waals surface area contributed by atoms with Gasteiger partial charge in [0, 0.05) is 29.3 Å². The van der Waals surface area contributed by atoms with Gasteiger partial charge in [-0.3, -0.25) is 15.1 Å². The van der Waals surface area contributed by atoms with Crippen LogP contribution in [0, 0.1) is 5.82 Å². The average molecular weight is 517 g/mol. The molecule has 4 rings (SSSR count). The highest BCUT2D eigenvalue weighted by Gasteiger charge is 2.50. The number of carbonyl (C=O) groups excluding carboxylic acids is 1. The smallest absolute Gasteiger partial charge is 0.399 e. The van der Waals surface area contributed by atoms with Gasteiger partial charge < -0.3 is 14.0 Å². The molecule has 194 valence electrons. The maximum atomic E-state index is 14.9. The lowest BCUT2D eigenvalue weighted by molar-refractivity contribution is -0.181. The number of ether oxygens (including phenoxy) is 2. The number of benzene rings is 2. The molecule has 1 N–H and O–H groups in total. The second-order valence-electron chi connectivity index (χ2n) is 8.85. The lowest BCUT2D eigenvalue weighted by Gasteiger charge is -2.24. The standard InChI is InChI=1S/C26H23F4N3O4/c1-25(2,26(28,29)30)22-12-24(37-33-22)32-23(34)10-15-6-5-14(8-18(15)27)17-7-16-9-20(35-3)21(36-4)11-19(16)31-13-17/h5-9,11-13H,10H2,1-4H3,(H,32,34). The van der Waals surface area contributed by atoms with Crippen LogP contribution < -0.4 is 14.8 Å². The van der Waals surface area contributed by atoms with Crippen molar-refractivity contribution >= 4 is 22.7 Å². The van der Waals surface area contributed by atoms with E-state index in [0.29, 0.717) is 28.1 Å². The second kappa shape index (κ2) is 9.72. The Labute approximate surface area is 209 Å². The van der Waals surface area contributed by atoms with Gasteiger partial charge in [0.1, 0.15) is 16.9 Å². The highest BCUT2D eigenvalue weighted by atomic mass is 19.4. The molecule has 0 saturated carbocycles. The van der Waals surface area contributed by atoms with Gasteiger partial charge in [0.15, 0.2) is 11.5 Å². The van der Waals surface area contributed by atoms with E-state index in [9.17, 15) is 22.4 Å². The van der Waals surface area contributed by atoms with Gasteiger partial charge in [0.05, 0.1) is 26.2 Å². The molecule has 0 spiro atoms. The molecule has 0 radical (unpaired) electrons. The van der Waals surface area contributed by atoms with Gasteiger partial charge in [0.25, 0.3) is 0 Å². The summed E-state index contributed by atoms with van der Waals surface area (Å²) in [6.45, 7) is 1.90. The summed E-state index contributed by atoms with van der Waals surface area (Å²) in [6.07, 6.45) is -3.33. The minimum Gasteiger partial charge on any atom is -0.493 e. The second-order valence-corrected chi connectivity index (χ2v) is 8.85. The Balaban J connectivity index is 1.49. The maximum Gasteiger partial charge on any atom is 0.399 e. The lowest BCUT2D eigenvalue weighted by atomic mass is 9.89. The van der Waals surface area contributed by atoms with Crippen molar-refractivity contribution in [3.05, 3.63) is 65.7 Å². The van der Waals surface area contributed by atoms with E-state index in [2.05, 4.69) is 15.5 Å². The number of anilines is 1. The van der Waals surface area contributed by atoms with Crippen LogP contribution in [-0.2, 0) is 16.6 Å². The Hall–Kier alpha value is -4.15. The van der Waals surface area contributed by atoms with Crippen molar-refractivity contribution < 1.29 is 36.4 Å². The fourth-order valence-corrected chi connectivity index (χ4v) is 3.61. The number of rotatable bonds is 7. The molecule has 0 aliphatic rings. The molecule has 0 saturated heterocycles. The maximum absolute atomic E-state index is 14.9. The van der Waals surface area contributed by atoms with Gasteiger partial charge in [-0.1, -0.05) is 17.3 Å². The molecule has 2 heterocycles. The lowest BCUT2D eigenvalue weighted by Crippen LogP contribution is -2.36. The van der Waals surface area contributed by atoms with Gasteiger partial charge in [-0.05, 0) is 43.2 Å². The zero-order valence-electron chi connectivity index (χ0n) is 20.4. The van der Waals surface area contributed by atoms with Crippen molar-refractivity contribution in [2.45, 2.75) is 31.9 Å². The molecular formula is C26H23F4N3O4. The van der Waals surface area contributed by atoms with E-state index in [4.69, 9.17) is 14.0 Å². The molecule has 4 aromatic rings. The van der Waals surface area contributed by atoms with E-state index in [1.165, 1.54) is 26.4 Å². The summed E-state index contributed by atoms with van der Waals surface area (Å²) in [5.74, 6) is -0.496. The molecule has 0 fully saturated rings. The van der Waals surface area contributed by atoms with Crippen LogP contribution in [0.3, 0.4) is 0 Å². The van der Waals surface area contributed by atoms with Crippen molar-refractivity contribution in [3.63, 3.8) is 0 Å². The molecule has 11 heteroatoms. The first-order chi connectivity index (χ1) is 17.4. The Morgan fingerprint density at radius 2 is 1.70 bits per heavy atom. The van der Waals surface area contributed by atoms with Crippen molar-refractivity contribution in [1.82, 2.24) is 10.1 Å². The topological polar surface area (TPSA) is 86.5 Å². The summed E-state index contributed by atoms with van der Waals surface area (Å²) in [5, 5.41) is 6.49. The molecule has 0 unspecified atom stereocenters. The predicted octanol–water partition coefficient (Wildman–Crippen LogP) is 6.07. The largest absolute Gasteiger partial charge is 0.493 e. The van der Waals surface area contributed by atoms with Crippen LogP contribution in [0.4, 0.5) is 23.4 Å². The Morgan fingerprint density at radius 1 is 1.00 bits per heavy atom. The van der Waals surface area contributed by atoms with Gasteiger partial charge >= 0.3 is 6.18 Å². The van der Waals surface area contributed by atoms with E-state index in [0.717, 1.165) is 25.3 Å². The van der Waals surface area contributed by atoms with Gasteiger partial charge in [-0.2, -0.15) is 13.2 Å². The van der Waals surface area contributed by atoms with E-state index >= 15 is 0 Å². The Kier molecular flexibility index (Phi) is 6.81. The fourth-order valence-electron chi connectivity index (χ4n) is 3.61. The predicted molar refractivity (Wildman–Crippen MR) is 128 cm³/mol. The third-order valence-corrected chi connectivity index (χ3v) is 6.05. The summed E-state index contributed by atoms with van der Waals surface area (Å²) < 4.78 is 69.9. The molecule has 2 aromatic heterocycles. The molecule has 37 heavy (non-hydrogen) atoms. The molecule has 0 aliphatic heterocycles. The SMILES string of the molecule is COc1cc2cc(-c3ccc(CC(=O)Nc4cc(C(C)(C)C(F)(F)F)no4)c(F)c3)cnc2cc1OC. The highest BCUT2D eigenvalue weighted by molar-refractivity contribution is 5.91. The van der Waals surface area contributed by atoms with Crippen LogP contribution in [0.1, 0.15) is 25.1 Å². The number of methoxy groups -OCH3 is 2. The zero-order chi connectivity index (χ0) is 27.0. The highest BCUT2D eigenvalue weighted by Crippen LogP contribution is 2.40. The van der Waals surface area contributed by atoms with Crippen molar-refractivity contribution in [3.8, 4) is 22.6 Å². The number of alkyl halides is 3. The van der Waals surface area contributed by atoms with Crippen molar-refractivity contribution in [2.24, 2.45) is 0 Å². The number of nitrogens with one attached hydrogen (secondary N) is 1. The zero-order valence-corrected chi connectivity index (χ0v) is 20.4. The van der Waals surface area contributed by atoms with Crippen LogP contribution in [0.5, 0.6) is 11.5 Å². The number of amides is 1. The number of fused-ring (bicyclic) bond motifs is 1. The minimum absolute atomic E-state index is 0.0942. The van der Waals surface area contributed by atoms with Crippen LogP contribution in [-0.4, -0.2) is 36.4 Å². The first kappa shape index (κ1) is 25.9. The van der Waals surface area contributed by atoms with Gasteiger partial charge in [-0.15, -0.1) is 0 Å². The number of hydrogen-bond donors (Lipinski definition) is 1. The van der Waals surface area contributed by atoms with E-state index in [1.807, 2.05) is 6.07 Å². The summed E-state index contributed by atoms with van der Waals surface area (Å²) in [7, 11) is 3.05. The monoisotopic (exact) mass is 517 g/mol. The molecule has 0 aliphatic carbocycles. The summed E-state index contributed by atoms with van der Waals surface area (Å²) in [6, 6.07) is 10.7. The Bertz CT molecular complexity index is 1460. The summed E-state index contributed by atoms with van der Waals surface area (Å²) in [5.41, 5.74) is -0.695. The summed E-state index contributed by atoms with van der Waals surface area (Å²) in [4.78, 5) is 16.8. The van der Waals surface area contributed by atoms with E-state index in [-0.39, 0.29) is 23.6 Å². The van der Waals surface area contributed by atoms with Crippen LogP contribution in [0.25, 0.3) is 22.0 Å². The number of pyridine rings is 1. The van der Waals surface area contributed by atoms with Crippen LogP contribution >= 0.6 is 0 Å². The number of nitrogens with zero attached hydrogens (tertiary/aromatic N) is 2. The fraction of sp³-hybridized carbons (Fsp3) is 0.269. The summed E-state index contributed by atoms with van der Waals surface area (Å²) >= 11 is 0. The van der Waals surface area contributed by atoms with Crippen molar-refractivity contribution in [1.29, 1.82) is 0 Å². The third kappa shape index (κ3) is 5.20. The molecule has 0 bridgehead atoms. The van der Waals surface area contributed by atoms with E-state index < -0.39 is 23.3 Å². The molecule has 7 nitrogen and oxygen atoms in total. The van der Waals surface area contributed by atoms with Gasteiger partial charge in [0.2, 0.25) is 11.8 Å². The quantitative estimate of drug-likeness (QED) is 0.300. The number of hydrogen-bond acceptors (Lipinski definition) is 6. The van der Waals surface area contributed by atoms with Crippen molar-refractivity contribution in [2.75, 3.05) is 19.5 Å². The molecule has 2 aromatic carbocycles. The van der Waals surface area contributed by atoms with Crippen LogP contribution in [0.15, 0.2) is 53.2 Å². The third-order valence-electron chi connectivity index (χ3n) is 6.05.